The Labute approximate surface area is 203 Å². The second kappa shape index (κ2) is 11.7. The van der Waals surface area contributed by atoms with Gasteiger partial charge in [0.25, 0.3) is 5.91 Å². The van der Waals surface area contributed by atoms with E-state index < -0.39 is 30.4 Å². The molecule has 1 aromatic heterocycles. The maximum atomic E-state index is 13.6. The molecule has 4 N–H and O–H groups in total. The van der Waals surface area contributed by atoms with Crippen LogP contribution in [-0.2, 0) is 11.2 Å². The van der Waals surface area contributed by atoms with Gasteiger partial charge in [-0.05, 0) is 61.6 Å². The molecule has 186 valence electrons. The van der Waals surface area contributed by atoms with Crippen molar-refractivity contribution in [3.05, 3.63) is 77.4 Å². The number of aliphatic hydroxyl groups excluding tert-OH is 2. The zero-order valence-corrected chi connectivity index (χ0v) is 19.7. The summed E-state index contributed by atoms with van der Waals surface area (Å²) >= 11 is 0. The lowest BCUT2D eigenvalue weighted by Crippen LogP contribution is -2.21. The number of carbonyl (C=O) groups excluding carboxylic acids is 1. The Hall–Kier alpha value is -3.56. The summed E-state index contributed by atoms with van der Waals surface area (Å²) in [5.41, 5.74) is 2.77. The van der Waals surface area contributed by atoms with Gasteiger partial charge in [0.15, 0.2) is 5.69 Å². The second-order valence-electron chi connectivity index (χ2n) is 8.75. The van der Waals surface area contributed by atoms with Gasteiger partial charge in [-0.3, -0.25) is 9.59 Å². The maximum Gasteiger partial charge on any atom is 0.305 e. The summed E-state index contributed by atoms with van der Waals surface area (Å²) in [6.45, 7) is 3.86. The van der Waals surface area contributed by atoms with Gasteiger partial charge in [0.1, 0.15) is 5.82 Å². The van der Waals surface area contributed by atoms with Crippen molar-refractivity contribution in [2.75, 3.05) is 5.32 Å². The van der Waals surface area contributed by atoms with Crippen LogP contribution in [0.1, 0.15) is 60.8 Å². The highest BCUT2D eigenvalue weighted by Gasteiger charge is 2.26. The summed E-state index contributed by atoms with van der Waals surface area (Å²) < 4.78 is 15.1. The smallest absolute Gasteiger partial charge is 0.305 e. The minimum absolute atomic E-state index is 0.0879. The van der Waals surface area contributed by atoms with Gasteiger partial charge in [-0.2, -0.15) is 5.10 Å². The lowest BCUT2D eigenvalue weighted by atomic mass is 9.95. The summed E-state index contributed by atoms with van der Waals surface area (Å²) in [6.07, 6.45) is -2.15. The number of aliphatic carboxylic acids is 1. The lowest BCUT2D eigenvalue weighted by Gasteiger charge is -2.16. The van der Waals surface area contributed by atoms with E-state index >= 15 is 0 Å². The fourth-order valence-electron chi connectivity index (χ4n) is 4.01. The Kier molecular flexibility index (Phi) is 8.73. The molecule has 3 rings (SSSR count). The van der Waals surface area contributed by atoms with Crippen molar-refractivity contribution in [1.29, 1.82) is 0 Å². The third-order valence-corrected chi connectivity index (χ3v) is 5.59. The molecular weight excluding hydrogens is 453 g/mol. The largest absolute Gasteiger partial charge is 0.481 e. The van der Waals surface area contributed by atoms with E-state index in [2.05, 4.69) is 10.4 Å². The number of hydrogen-bond donors (Lipinski definition) is 4. The Bertz CT molecular complexity index is 1150. The van der Waals surface area contributed by atoms with Crippen LogP contribution in [0.15, 0.2) is 54.6 Å². The number of carboxylic acid groups (broad SMARTS) is 1. The van der Waals surface area contributed by atoms with E-state index in [0.29, 0.717) is 29.1 Å². The number of aromatic nitrogens is 2. The number of halogens is 1. The summed E-state index contributed by atoms with van der Waals surface area (Å²) in [7, 11) is 0. The normalized spacial score (nSPS) is 13.0. The van der Waals surface area contributed by atoms with Crippen LogP contribution in [0, 0.1) is 5.82 Å². The van der Waals surface area contributed by atoms with Crippen LogP contribution in [0.5, 0.6) is 0 Å². The summed E-state index contributed by atoms with van der Waals surface area (Å²) in [6, 6.07) is 14.7. The first kappa shape index (κ1) is 26.1. The van der Waals surface area contributed by atoms with Gasteiger partial charge in [-0.15, -0.1) is 0 Å². The quantitative estimate of drug-likeness (QED) is 0.328. The highest BCUT2D eigenvalue weighted by Crippen LogP contribution is 2.29. The number of rotatable bonds is 11. The van der Waals surface area contributed by atoms with Crippen LogP contribution in [0.4, 0.5) is 10.1 Å². The first-order chi connectivity index (χ1) is 16.7. The van der Waals surface area contributed by atoms with Gasteiger partial charge in [0.05, 0.1) is 24.3 Å². The predicted molar refractivity (Wildman–Crippen MR) is 129 cm³/mol. The number of hydrogen-bond acceptors (Lipinski definition) is 5. The third kappa shape index (κ3) is 6.97. The summed E-state index contributed by atoms with van der Waals surface area (Å²) in [4.78, 5) is 24.0. The number of amides is 1. The number of aliphatic hydroxyl groups is 2. The molecule has 1 amide bonds. The lowest BCUT2D eigenvalue weighted by molar-refractivity contribution is -0.139. The summed E-state index contributed by atoms with van der Waals surface area (Å²) in [5.74, 6) is -2.03. The SMILES string of the molecule is CC(C)c1c(C(=O)Nc2ccccc2)nn(-c2ccc(F)cc2)c1CC[C@@H](O)C[C@@H](O)CC(=O)O. The topological polar surface area (TPSA) is 125 Å². The van der Waals surface area contributed by atoms with Gasteiger partial charge < -0.3 is 20.6 Å². The molecule has 0 aliphatic rings. The van der Waals surface area contributed by atoms with Gasteiger partial charge in [-0.1, -0.05) is 32.0 Å². The van der Waals surface area contributed by atoms with Gasteiger partial charge >= 0.3 is 5.97 Å². The zero-order chi connectivity index (χ0) is 25.5. The number of carboxylic acids is 1. The van der Waals surface area contributed by atoms with Crippen LogP contribution in [0.2, 0.25) is 0 Å². The molecule has 1 heterocycles. The molecule has 0 aliphatic heterocycles. The number of nitrogens with zero attached hydrogens (tertiary/aromatic N) is 2. The molecule has 0 spiro atoms. The third-order valence-electron chi connectivity index (χ3n) is 5.59. The van der Waals surface area contributed by atoms with Crippen LogP contribution >= 0.6 is 0 Å². The number of carbonyl (C=O) groups is 2. The van der Waals surface area contributed by atoms with Crippen molar-refractivity contribution in [2.45, 2.75) is 57.7 Å². The highest BCUT2D eigenvalue weighted by atomic mass is 19.1. The molecule has 2 aromatic carbocycles. The van der Waals surface area contributed by atoms with Crippen LogP contribution in [-0.4, -0.2) is 49.2 Å². The molecule has 0 fully saturated rings. The molecule has 0 radical (unpaired) electrons. The average Bonchev–Trinajstić information content (AvgIpc) is 3.18. The molecule has 0 saturated heterocycles. The van der Waals surface area contributed by atoms with Gasteiger partial charge in [-0.25, -0.2) is 9.07 Å². The van der Waals surface area contributed by atoms with Crippen molar-refractivity contribution in [2.24, 2.45) is 0 Å². The first-order valence-electron chi connectivity index (χ1n) is 11.5. The van der Waals surface area contributed by atoms with Crippen molar-refractivity contribution in [1.82, 2.24) is 9.78 Å². The Balaban J connectivity index is 1.95. The minimum atomic E-state index is -1.17. The van der Waals surface area contributed by atoms with E-state index in [-0.39, 0.29) is 30.4 Å². The van der Waals surface area contributed by atoms with E-state index in [0.717, 1.165) is 0 Å². The van der Waals surface area contributed by atoms with E-state index in [1.54, 1.807) is 28.9 Å². The van der Waals surface area contributed by atoms with E-state index in [4.69, 9.17) is 5.11 Å². The van der Waals surface area contributed by atoms with E-state index in [9.17, 15) is 24.2 Å². The molecule has 35 heavy (non-hydrogen) atoms. The molecule has 8 nitrogen and oxygen atoms in total. The zero-order valence-electron chi connectivity index (χ0n) is 19.7. The molecular formula is C26H30FN3O5. The van der Waals surface area contributed by atoms with Crippen molar-refractivity contribution >= 4 is 17.6 Å². The fraction of sp³-hybridized carbons (Fsp3) is 0.346. The van der Waals surface area contributed by atoms with Crippen molar-refractivity contribution in [3.8, 4) is 5.69 Å². The number of nitrogens with one attached hydrogen (secondary N) is 1. The van der Waals surface area contributed by atoms with Crippen molar-refractivity contribution in [3.63, 3.8) is 0 Å². The van der Waals surface area contributed by atoms with Crippen LogP contribution < -0.4 is 5.32 Å². The molecule has 3 aromatic rings. The van der Waals surface area contributed by atoms with Gasteiger partial charge in [0, 0.05) is 16.9 Å². The average molecular weight is 484 g/mol. The number of benzene rings is 2. The standard InChI is InChI=1S/C26H30FN3O5/c1-16(2)24-22(13-12-20(31)14-21(32)15-23(33)34)30(19-10-8-17(27)9-11-19)29-25(24)26(35)28-18-6-4-3-5-7-18/h3-11,16,20-21,31-32H,12-15H2,1-2H3,(H,28,35)(H,33,34)/t20-,21-/m1/s1. The molecule has 2 atom stereocenters. The van der Waals surface area contributed by atoms with Crippen LogP contribution in [0.25, 0.3) is 5.69 Å². The monoisotopic (exact) mass is 483 g/mol. The maximum absolute atomic E-state index is 13.6. The Morgan fingerprint density at radius 1 is 1.03 bits per heavy atom. The van der Waals surface area contributed by atoms with Gasteiger partial charge in [0.2, 0.25) is 0 Å². The van der Waals surface area contributed by atoms with E-state index in [1.807, 2.05) is 32.0 Å². The minimum Gasteiger partial charge on any atom is -0.481 e. The predicted octanol–water partition coefficient (Wildman–Crippen LogP) is 3.91. The fourth-order valence-corrected chi connectivity index (χ4v) is 4.01. The summed E-state index contributed by atoms with van der Waals surface area (Å²) in [5, 5.41) is 36.5. The molecule has 0 unspecified atom stereocenters. The van der Waals surface area contributed by atoms with Crippen molar-refractivity contribution < 1.29 is 29.3 Å². The molecule has 0 aliphatic carbocycles. The van der Waals surface area contributed by atoms with Crippen LogP contribution in [0.3, 0.4) is 0 Å². The Morgan fingerprint density at radius 2 is 1.69 bits per heavy atom. The Morgan fingerprint density at radius 3 is 2.29 bits per heavy atom. The van der Waals surface area contributed by atoms with E-state index in [1.165, 1.54) is 12.1 Å². The molecule has 0 bridgehead atoms. The molecule has 0 saturated carbocycles. The number of anilines is 1. The number of para-hydroxylation sites is 1. The second-order valence-corrected chi connectivity index (χ2v) is 8.75. The highest BCUT2D eigenvalue weighted by molar-refractivity contribution is 6.04. The molecule has 9 heteroatoms. The first-order valence-corrected chi connectivity index (χ1v) is 11.5.